The molecule has 1 aromatic rings. The monoisotopic (exact) mass is 225 g/mol. The van der Waals surface area contributed by atoms with Crippen molar-refractivity contribution in [3.05, 3.63) is 17.5 Å². The number of nitrogens with one attached hydrogen (secondary N) is 2. The Bertz CT molecular complexity index is 358. The van der Waals surface area contributed by atoms with Crippen LogP contribution in [0.1, 0.15) is 43.4 Å². The predicted molar refractivity (Wildman–Crippen MR) is 61.2 cm³/mol. The number of aliphatic hydroxyl groups is 1. The van der Waals surface area contributed by atoms with Crippen LogP contribution < -0.4 is 5.32 Å². The highest BCUT2D eigenvalue weighted by molar-refractivity contribution is 5.92. The smallest absolute Gasteiger partial charge is 0.272 e. The maximum atomic E-state index is 11.7. The first kappa shape index (κ1) is 12.7. The number of aromatic amines is 1. The van der Waals surface area contributed by atoms with Crippen molar-refractivity contribution in [1.29, 1.82) is 0 Å². The van der Waals surface area contributed by atoms with E-state index < -0.39 is 5.54 Å². The second-order valence-corrected chi connectivity index (χ2v) is 4.52. The lowest BCUT2D eigenvalue weighted by atomic mass is 10.1. The van der Waals surface area contributed by atoms with Crippen molar-refractivity contribution in [2.45, 2.75) is 39.2 Å². The molecule has 0 saturated carbocycles. The summed E-state index contributed by atoms with van der Waals surface area (Å²) in [5.41, 5.74) is 0.695. The van der Waals surface area contributed by atoms with Gasteiger partial charge in [-0.1, -0.05) is 13.3 Å². The number of aromatic nitrogens is 2. The minimum absolute atomic E-state index is 0.106. The summed E-state index contributed by atoms with van der Waals surface area (Å²) in [4.78, 5) is 11.7. The van der Waals surface area contributed by atoms with Gasteiger partial charge in [0, 0.05) is 5.69 Å². The summed E-state index contributed by atoms with van der Waals surface area (Å²) in [5.74, 6) is -0.266. The molecule has 90 valence electrons. The van der Waals surface area contributed by atoms with Crippen LogP contribution in [0.15, 0.2) is 6.07 Å². The average molecular weight is 225 g/mol. The van der Waals surface area contributed by atoms with Crippen LogP contribution in [0.2, 0.25) is 0 Å². The summed E-state index contributed by atoms with van der Waals surface area (Å²) in [6.45, 7) is 5.47. The molecule has 0 aliphatic rings. The SMILES string of the molecule is CCCc1cc(C(=O)NC(C)(C)CO)n[nH]1. The van der Waals surface area contributed by atoms with Crippen LogP contribution in [-0.4, -0.2) is 33.4 Å². The van der Waals surface area contributed by atoms with Gasteiger partial charge in [0.05, 0.1) is 12.1 Å². The summed E-state index contributed by atoms with van der Waals surface area (Å²) >= 11 is 0. The van der Waals surface area contributed by atoms with Crippen LogP contribution in [0.25, 0.3) is 0 Å². The summed E-state index contributed by atoms with van der Waals surface area (Å²) < 4.78 is 0. The van der Waals surface area contributed by atoms with E-state index in [0.717, 1.165) is 18.5 Å². The standard InChI is InChI=1S/C11H19N3O2/c1-4-5-8-6-9(14-13-8)10(16)12-11(2,3)7-15/h6,15H,4-5,7H2,1-3H3,(H,12,16)(H,13,14). The summed E-state index contributed by atoms with van der Waals surface area (Å²) in [5, 5.41) is 18.5. The average Bonchev–Trinajstić information content (AvgIpc) is 2.66. The van der Waals surface area contributed by atoms with Crippen molar-refractivity contribution in [1.82, 2.24) is 15.5 Å². The molecule has 0 radical (unpaired) electrons. The van der Waals surface area contributed by atoms with Gasteiger partial charge in [-0.3, -0.25) is 9.89 Å². The Morgan fingerprint density at radius 1 is 1.62 bits per heavy atom. The van der Waals surface area contributed by atoms with E-state index in [1.165, 1.54) is 0 Å². The maximum absolute atomic E-state index is 11.7. The molecule has 1 aromatic heterocycles. The molecular formula is C11H19N3O2. The fourth-order valence-electron chi connectivity index (χ4n) is 1.29. The van der Waals surface area contributed by atoms with Crippen LogP contribution in [-0.2, 0) is 6.42 Å². The number of carbonyl (C=O) groups excluding carboxylic acids is 1. The van der Waals surface area contributed by atoms with Gasteiger partial charge in [-0.05, 0) is 26.3 Å². The number of carbonyl (C=O) groups is 1. The minimum Gasteiger partial charge on any atom is -0.394 e. The predicted octanol–water partition coefficient (Wildman–Crippen LogP) is 0.863. The Morgan fingerprint density at radius 2 is 2.31 bits per heavy atom. The number of hydrogen-bond donors (Lipinski definition) is 3. The molecule has 1 amide bonds. The molecule has 5 nitrogen and oxygen atoms in total. The Kier molecular flexibility index (Phi) is 4.06. The number of rotatable bonds is 5. The Labute approximate surface area is 95.3 Å². The van der Waals surface area contributed by atoms with E-state index in [1.807, 2.05) is 0 Å². The highest BCUT2D eigenvalue weighted by Gasteiger charge is 2.21. The number of H-pyrrole nitrogens is 1. The summed E-state index contributed by atoms with van der Waals surface area (Å²) in [7, 11) is 0. The fourth-order valence-corrected chi connectivity index (χ4v) is 1.29. The second-order valence-electron chi connectivity index (χ2n) is 4.52. The zero-order chi connectivity index (χ0) is 12.2. The molecule has 0 spiro atoms. The lowest BCUT2D eigenvalue weighted by Crippen LogP contribution is -2.46. The molecule has 0 bridgehead atoms. The molecule has 1 rings (SSSR count). The number of nitrogens with zero attached hydrogens (tertiary/aromatic N) is 1. The van der Waals surface area contributed by atoms with E-state index in [4.69, 9.17) is 5.11 Å². The Hall–Kier alpha value is -1.36. The van der Waals surface area contributed by atoms with Crippen LogP contribution in [0.4, 0.5) is 0 Å². The normalized spacial score (nSPS) is 11.5. The Balaban J connectivity index is 2.66. The lowest BCUT2D eigenvalue weighted by Gasteiger charge is -2.22. The van der Waals surface area contributed by atoms with Crippen LogP contribution in [0, 0.1) is 0 Å². The van der Waals surface area contributed by atoms with Gasteiger partial charge in [0.25, 0.3) is 5.91 Å². The molecule has 0 atom stereocenters. The van der Waals surface area contributed by atoms with Gasteiger partial charge in [0.2, 0.25) is 0 Å². The zero-order valence-corrected chi connectivity index (χ0v) is 10.0. The highest BCUT2D eigenvalue weighted by Crippen LogP contribution is 2.05. The van der Waals surface area contributed by atoms with Gasteiger partial charge in [-0.2, -0.15) is 5.10 Å². The molecule has 0 saturated heterocycles. The van der Waals surface area contributed by atoms with Gasteiger partial charge >= 0.3 is 0 Å². The highest BCUT2D eigenvalue weighted by atomic mass is 16.3. The van der Waals surface area contributed by atoms with Gasteiger partial charge in [-0.15, -0.1) is 0 Å². The topological polar surface area (TPSA) is 78.0 Å². The van der Waals surface area contributed by atoms with Crippen molar-refractivity contribution in [2.75, 3.05) is 6.61 Å². The van der Waals surface area contributed by atoms with Crippen molar-refractivity contribution in [3.63, 3.8) is 0 Å². The molecule has 0 unspecified atom stereocenters. The Morgan fingerprint density at radius 3 is 2.88 bits per heavy atom. The van der Waals surface area contributed by atoms with Crippen molar-refractivity contribution in [3.8, 4) is 0 Å². The van der Waals surface area contributed by atoms with Gasteiger partial charge < -0.3 is 10.4 Å². The minimum atomic E-state index is -0.624. The molecule has 0 aromatic carbocycles. The lowest BCUT2D eigenvalue weighted by molar-refractivity contribution is 0.0864. The third-order valence-corrected chi connectivity index (χ3v) is 2.23. The van der Waals surface area contributed by atoms with E-state index in [9.17, 15) is 4.79 Å². The molecule has 1 heterocycles. The first-order valence-electron chi connectivity index (χ1n) is 5.46. The van der Waals surface area contributed by atoms with E-state index in [1.54, 1.807) is 19.9 Å². The second kappa shape index (κ2) is 5.12. The number of amides is 1. The first-order valence-corrected chi connectivity index (χ1v) is 5.46. The van der Waals surface area contributed by atoms with Crippen LogP contribution in [0.3, 0.4) is 0 Å². The number of aryl methyl sites for hydroxylation is 1. The fraction of sp³-hybridized carbons (Fsp3) is 0.636. The molecule has 5 heteroatoms. The quantitative estimate of drug-likeness (QED) is 0.695. The van der Waals surface area contributed by atoms with E-state index in [2.05, 4.69) is 22.4 Å². The summed E-state index contributed by atoms with van der Waals surface area (Å²) in [6, 6.07) is 1.74. The van der Waals surface area contributed by atoms with E-state index in [-0.39, 0.29) is 12.5 Å². The molecule has 0 fully saturated rings. The van der Waals surface area contributed by atoms with Crippen molar-refractivity contribution in [2.24, 2.45) is 0 Å². The summed E-state index contributed by atoms with van der Waals surface area (Å²) in [6.07, 6.45) is 1.88. The number of hydrogen-bond acceptors (Lipinski definition) is 3. The van der Waals surface area contributed by atoms with Crippen LogP contribution in [0.5, 0.6) is 0 Å². The molecule has 0 aliphatic carbocycles. The third-order valence-electron chi connectivity index (χ3n) is 2.23. The van der Waals surface area contributed by atoms with Crippen molar-refractivity contribution >= 4 is 5.91 Å². The largest absolute Gasteiger partial charge is 0.394 e. The molecule has 16 heavy (non-hydrogen) atoms. The zero-order valence-electron chi connectivity index (χ0n) is 10.0. The third kappa shape index (κ3) is 3.34. The van der Waals surface area contributed by atoms with Crippen molar-refractivity contribution < 1.29 is 9.90 Å². The molecular weight excluding hydrogens is 206 g/mol. The first-order chi connectivity index (χ1) is 7.48. The van der Waals surface area contributed by atoms with Gasteiger partial charge in [0.15, 0.2) is 0 Å². The van der Waals surface area contributed by atoms with Gasteiger partial charge in [-0.25, -0.2) is 0 Å². The molecule has 0 aliphatic heterocycles. The molecule has 3 N–H and O–H groups in total. The number of aliphatic hydroxyl groups excluding tert-OH is 1. The van der Waals surface area contributed by atoms with E-state index >= 15 is 0 Å². The van der Waals surface area contributed by atoms with Gasteiger partial charge in [0.1, 0.15) is 5.69 Å². The van der Waals surface area contributed by atoms with E-state index in [0.29, 0.717) is 5.69 Å². The van der Waals surface area contributed by atoms with Crippen LogP contribution >= 0.6 is 0 Å². The maximum Gasteiger partial charge on any atom is 0.272 e.